The number of para-hydroxylation sites is 1. The monoisotopic (exact) mass is 332 g/mol. The predicted octanol–water partition coefficient (Wildman–Crippen LogP) is 2.36. The number of hydrogen-bond donors (Lipinski definition) is 0. The van der Waals surface area contributed by atoms with Crippen LogP contribution in [0.15, 0.2) is 24.3 Å². The fourth-order valence-electron chi connectivity index (χ4n) is 2.05. The van der Waals surface area contributed by atoms with E-state index in [9.17, 15) is 13.2 Å². The third-order valence-electron chi connectivity index (χ3n) is 3.17. The van der Waals surface area contributed by atoms with E-state index in [0.29, 0.717) is 23.8 Å². The normalized spacial score (nSPS) is 11.2. The number of sulfonamides is 1. The third kappa shape index (κ3) is 4.89. The van der Waals surface area contributed by atoms with Gasteiger partial charge in [0.2, 0.25) is 15.9 Å². The zero-order valence-electron chi connectivity index (χ0n) is 12.5. The Hall–Kier alpha value is -1.27. The maximum atomic E-state index is 12.0. The van der Waals surface area contributed by atoms with Crippen molar-refractivity contribution >= 4 is 33.2 Å². The van der Waals surface area contributed by atoms with Gasteiger partial charge in [-0.3, -0.25) is 9.10 Å². The molecule has 118 valence electrons. The number of carbonyl (C=O) groups excluding carboxylic acids is 1. The summed E-state index contributed by atoms with van der Waals surface area (Å²) < 4.78 is 25.1. The number of anilines is 1. The first-order valence-corrected chi connectivity index (χ1v) is 9.03. The molecule has 1 aromatic rings. The number of nitrogens with zero attached hydrogens (tertiary/aromatic N) is 2. The fraction of sp³-hybridized carbons (Fsp3) is 0.500. The zero-order chi connectivity index (χ0) is 16.0. The molecule has 0 radical (unpaired) electrons. The van der Waals surface area contributed by atoms with Crippen LogP contribution in [0.2, 0.25) is 5.02 Å². The van der Waals surface area contributed by atoms with Gasteiger partial charge in [0.05, 0.1) is 17.0 Å². The Morgan fingerprint density at radius 1 is 1.19 bits per heavy atom. The van der Waals surface area contributed by atoms with E-state index < -0.39 is 10.0 Å². The summed E-state index contributed by atoms with van der Waals surface area (Å²) in [5.41, 5.74) is 0.397. The van der Waals surface area contributed by atoms with Crippen LogP contribution in [-0.4, -0.2) is 45.1 Å². The molecule has 0 saturated heterocycles. The molecule has 0 aromatic heterocycles. The van der Waals surface area contributed by atoms with Crippen LogP contribution >= 0.6 is 11.6 Å². The summed E-state index contributed by atoms with van der Waals surface area (Å²) in [6.45, 7) is 5.09. The maximum absolute atomic E-state index is 12.0. The van der Waals surface area contributed by atoms with Gasteiger partial charge in [0, 0.05) is 26.1 Å². The summed E-state index contributed by atoms with van der Waals surface area (Å²) in [7, 11) is -3.50. The van der Waals surface area contributed by atoms with Gasteiger partial charge in [-0.1, -0.05) is 23.7 Å². The standard InChI is InChI=1S/C14H21ClN2O3S/c1-4-16(5-2)14(18)10-11-17(21(3,19)20)13-9-7-6-8-12(13)15/h6-9H,4-5,10-11H2,1-3H3. The molecule has 0 bridgehead atoms. The Morgan fingerprint density at radius 3 is 2.24 bits per heavy atom. The van der Waals surface area contributed by atoms with Crippen molar-refractivity contribution in [3.63, 3.8) is 0 Å². The summed E-state index contributed by atoms with van der Waals surface area (Å²) in [6, 6.07) is 6.70. The predicted molar refractivity (Wildman–Crippen MR) is 86.2 cm³/mol. The second-order valence-corrected chi connectivity index (χ2v) is 6.92. The van der Waals surface area contributed by atoms with Gasteiger partial charge in [-0.25, -0.2) is 8.42 Å². The van der Waals surface area contributed by atoms with E-state index in [2.05, 4.69) is 0 Å². The van der Waals surface area contributed by atoms with E-state index in [1.165, 1.54) is 4.31 Å². The summed E-state index contributed by atoms with van der Waals surface area (Å²) in [6.07, 6.45) is 1.23. The Balaban J connectivity index is 2.93. The van der Waals surface area contributed by atoms with Gasteiger partial charge < -0.3 is 4.90 Å². The van der Waals surface area contributed by atoms with Crippen LogP contribution in [0.25, 0.3) is 0 Å². The highest BCUT2D eigenvalue weighted by Gasteiger charge is 2.21. The van der Waals surface area contributed by atoms with Gasteiger partial charge in [0.15, 0.2) is 0 Å². The van der Waals surface area contributed by atoms with E-state index >= 15 is 0 Å². The van der Waals surface area contributed by atoms with Crippen LogP contribution in [0.5, 0.6) is 0 Å². The van der Waals surface area contributed by atoms with Crippen molar-refractivity contribution in [2.75, 3.05) is 30.2 Å². The molecule has 1 rings (SSSR count). The summed E-state index contributed by atoms with van der Waals surface area (Å²) in [5.74, 6) is -0.0688. The second kappa shape index (κ2) is 7.66. The second-order valence-electron chi connectivity index (χ2n) is 4.60. The quantitative estimate of drug-likeness (QED) is 0.770. The van der Waals surface area contributed by atoms with E-state index in [1.807, 2.05) is 13.8 Å². The fourth-order valence-corrected chi connectivity index (χ4v) is 3.28. The average Bonchev–Trinajstić information content (AvgIpc) is 2.41. The van der Waals surface area contributed by atoms with Gasteiger partial charge in [-0.05, 0) is 26.0 Å². The maximum Gasteiger partial charge on any atom is 0.232 e. The smallest absolute Gasteiger partial charge is 0.232 e. The lowest BCUT2D eigenvalue weighted by atomic mass is 10.3. The Kier molecular flexibility index (Phi) is 6.48. The molecule has 0 N–H and O–H groups in total. The van der Waals surface area contributed by atoms with Gasteiger partial charge >= 0.3 is 0 Å². The van der Waals surface area contributed by atoms with E-state index in [1.54, 1.807) is 29.2 Å². The van der Waals surface area contributed by atoms with Gasteiger partial charge in [0.25, 0.3) is 0 Å². The van der Waals surface area contributed by atoms with Gasteiger partial charge in [0.1, 0.15) is 0 Å². The number of carbonyl (C=O) groups is 1. The highest BCUT2D eigenvalue weighted by Crippen LogP contribution is 2.27. The Morgan fingerprint density at radius 2 is 1.76 bits per heavy atom. The van der Waals surface area contributed by atoms with Crippen molar-refractivity contribution in [1.29, 1.82) is 0 Å². The molecule has 0 heterocycles. The lowest BCUT2D eigenvalue weighted by molar-refractivity contribution is -0.130. The van der Waals surface area contributed by atoms with Crippen molar-refractivity contribution in [1.82, 2.24) is 4.90 Å². The molecule has 0 aliphatic carbocycles. The largest absolute Gasteiger partial charge is 0.343 e. The number of amides is 1. The summed E-state index contributed by atoms with van der Waals surface area (Å²) in [5, 5.41) is 0.346. The molecule has 0 spiro atoms. The first-order chi connectivity index (χ1) is 9.81. The molecular formula is C14H21ClN2O3S. The summed E-state index contributed by atoms with van der Waals surface area (Å²) in [4.78, 5) is 13.7. The molecule has 0 unspecified atom stereocenters. The molecule has 1 amide bonds. The first-order valence-electron chi connectivity index (χ1n) is 6.81. The zero-order valence-corrected chi connectivity index (χ0v) is 14.1. The van der Waals surface area contributed by atoms with Crippen molar-refractivity contribution < 1.29 is 13.2 Å². The Bertz CT molecular complexity index is 586. The van der Waals surface area contributed by atoms with Crippen molar-refractivity contribution in [3.05, 3.63) is 29.3 Å². The van der Waals surface area contributed by atoms with Crippen LogP contribution in [0, 0.1) is 0 Å². The third-order valence-corrected chi connectivity index (χ3v) is 4.67. The minimum atomic E-state index is -3.50. The van der Waals surface area contributed by atoms with Gasteiger partial charge in [-0.15, -0.1) is 0 Å². The van der Waals surface area contributed by atoms with Crippen molar-refractivity contribution in [2.45, 2.75) is 20.3 Å². The van der Waals surface area contributed by atoms with Crippen LogP contribution in [0.3, 0.4) is 0 Å². The van der Waals surface area contributed by atoms with Crippen LogP contribution in [-0.2, 0) is 14.8 Å². The number of benzene rings is 1. The van der Waals surface area contributed by atoms with E-state index in [4.69, 9.17) is 11.6 Å². The first kappa shape index (κ1) is 17.8. The molecule has 1 aromatic carbocycles. The number of halogens is 1. The molecule has 0 aliphatic rings. The molecule has 7 heteroatoms. The van der Waals surface area contributed by atoms with E-state index in [0.717, 1.165) is 6.26 Å². The van der Waals surface area contributed by atoms with Crippen LogP contribution in [0.4, 0.5) is 5.69 Å². The van der Waals surface area contributed by atoms with Crippen LogP contribution < -0.4 is 4.31 Å². The molecular weight excluding hydrogens is 312 g/mol. The number of hydrogen-bond acceptors (Lipinski definition) is 3. The van der Waals surface area contributed by atoms with E-state index in [-0.39, 0.29) is 18.9 Å². The highest BCUT2D eigenvalue weighted by molar-refractivity contribution is 7.92. The highest BCUT2D eigenvalue weighted by atomic mass is 35.5. The van der Waals surface area contributed by atoms with Gasteiger partial charge in [-0.2, -0.15) is 0 Å². The lowest BCUT2D eigenvalue weighted by Gasteiger charge is -2.25. The number of rotatable bonds is 7. The molecule has 0 atom stereocenters. The molecule has 0 fully saturated rings. The molecule has 5 nitrogen and oxygen atoms in total. The molecule has 0 aliphatic heterocycles. The minimum Gasteiger partial charge on any atom is -0.343 e. The summed E-state index contributed by atoms with van der Waals surface area (Å²) >= 11 is 6.06. The van der Waals surface area contributed by atoms with Crippen LogP contribution in [0.1, 0.15) is 20.3 Å². The molecule has 0 saturated carbocycles. The Labute approximate surface area is 131 Å². The average molecular weight is 333 g/mol. The van der Waals surface area contributed by atoms with Crippen molar-refractivity contribution in [3.8, 4) is 0 Å². The minimum absolute atomic E-state index is 0.0688. The molecule has 21 heavy (non-hydrogen) atoms. The lowest BCUT2D eigenvalue weighted by Crippen LogP contribution is -2.36. The topological polar surface area (TPSA) is 57.7 Å². The SMILES string of the molecule is CCN(CC)C(=O)CCN(c1ccccc1Cl)S(C)(=O)=O. The van der Waals surface area contributed by atoms with Crippen molar-refractivity contribution in [2.24, 2.45) is 0 Å².